The van der Waals surface area contributed by atoms with Crippen molar-refractivity contribution in [2.75, 3.05) is 16.6 Å². The molecule has 2 nitrogen and oxygen atoms in total. The Morgan fingerprint density at radius 3 is 1.75 bits per heavy atom. The highest BCUT2D eigenvalue weighted by Crippen LogP contribution is 2.25. The van der Waals surface area contributed by atoms with Gasteiger partial charge in [0.05, 0.1) is 11.4 Å². The number of hydrogen-bond acceptors (Lipinski definition) is 2. The summed E-state index contributed by atoms with van der Waals surface area (Å²) in [5.41, 5.74) is 2.48. The Morgan fingerprint density at radius 2 is 1.30 bits per heavy atom. The third-order valence-electron chi connectivity index (χ3n) is 3.64. The molecule has 2 rings (SSSR count). The molecule has 106 valence electrons. The SMILES string of the molecule is CCC(C)N(c1ccccc1)N(CC)c1ccccc1. The topological polar surface area (TPSA) is 6.48 Å². The lowest BCUT2D eigenvalue weighted by atomic mass is 10.2. The minimum absolute atomic E-state index is 0.456. The van der Waals surface area contributed by atoms with Gasteiger partial charge in [0, 0.05) is 12.6 Å². The summed E-state index contributed by atoms with van der Waals surface area (Å²) in [7, 11) is 0. The Labute approximate surface area is 122 Å². The van der Waals surface area contributed by atoms with Crippen LogP contribution in [0.15, 0.2) is 60.7 Å². The lowest BCUT2D eigenvalue weighted by molar-refractivity contribution is 0.590. The zero-order valence-corrected chi connectivity index (χ0v) is 12.7. The molecule has 0 radical (unpaired) electrons. The fourth-order valence-electron chi connectivity index (χ4n) is 2.44. The van der Waals surface area contributed by atoms with Gasteiger partial charge in [0.15, 0.2) is 0 Å². The van der Waals surface area contributed by atoms with Gasteiger partial charge in [0.2, 0.25) is 0 Å². The van der Waals surface area contributed by atoms with E-state index in [9.17, 15) is 0 Å². The first-order valence-electron chi connectivity index (χ1n) is 7.44. The summed E-state index contributed by atoms with van der Waals surface area (Å²) in [6, 6.07) is 21.7. The first-order valence-corrected chi connectivity index (χ1v) is 7.44. The molecule has 0 N–H and O–H groups in total. The van der Waals surface area contributed by atoms with Crippen molar-refractivity contribution < 1.29 is 0 Å². The lowest BCUT2D eigenvalue weighted by Crippen LogP contribution is -2.48. The van der Waals surface area contributed by atoms with E-state index >= 15 is 0 Å². The molecular weight excluding hydrogens is 244 g/mol. The number of rotatable bonds is 6. The second kappa shape index (κ2) is 6.99. The summed E-state index contributed by atoms with van der Waals surface area (Å²) in [6.07, 6.45) is 1.11. The molecule has 1 atom stereocenters. The van der Waals surface area contributed by atoms with E-state index < -0.39 is 0 Å². The molecule has 0 spiro atoms. The minimum atomic E-state index is 0.456. The monoisotopic (exact) mass is 268 g/mol. The number of anilines is 2. The molecule has 2 heteroatoms. The van der Waals surface area contributed by atoms with Crippen LogP contribution in [0.5, 0.6) is 0 Å². The Bertz CT molecular complexity index is 495. The molecule has 0 fully saturated rings. The van der Waals surface area contributed by atoms with Crippen LogP contribution in [0.4, 0.5) is 11.4 Å². The fraction of sp³-hybridized carbons (Fsp3) is 0.333. The molecule has 0 saturated heterocycles. The maximum absolute atomic E-state index is 2.40. The molecule has 2 aromatic carbocycles. The van der Waals surface area contributed by atoms with Crippen LogP contribution in [0.1, 0.15) is 27.2 Å². The van der Waals surface area contributed by atoms with E-state index in [1.165, 1.54) is 11.4 Å². The fourth-order valence-corrected chi connectivity index (χ4v) is 2.44. The largest absolute Gasteiger partial charge is 0.285 e. The third kappa shape index (κ3) is 3.13. The minimum Gasteiger partial charge on any atom is -0.285 e. The molecule has 0 saturated carbocycles. The predicted molar refractivity (Wildman–Crippen MR) is 88.1 cm³/mol. The Kier molecular flexibility index (Phi) is 5.05. The van der Waals surface area contributed by atoms with Gasteiger partial charge in [0.1, 0.15) is 0 Å². The van der Waals surface area contributed by atoms with E-state index in [0.717, 1.165) is 13.0 Å². The smallest absolute Gasteiger partial charge is 0.0577 e. The van der Waals surface area contributed by atoms with Gasteiger partial charge in [0.25, 0.3) is 0 Å². The average molecular weight is 268 g/mol. The number of para-hydroxylation sites is 2. The van der Waals surface area contributed by atoms with E-state index in [0.29, 0.717) is 6.04 Å². The van der Waals surface area contributed by atoms with Gasteiger partial charge in [-0.05, 0) is 44.5 Å². The number of hydrogen-bond donors (Lipinski definition) is 0. The first kappa shape index (κ1) is 14.4. The van der Waals surface area contributed by atoms with E-state index in [1.54, 1.807) is 0 Å². The van der Waals surface area contributed by atoms with Crippen molar-refractivity contribution in [1.82, 2.24) is 0 Å². The maximum Gasteiger partial charge on any atom is 0.0577 e. The maximum atomic E-state index is 2.40. The molecule has 0 aliphatic rings. The molecule has 1 unspecified atom stereocenters. The Morgan fingerprint density at radius 1 is 0.800 bits per heavy atom. The van der Waals surface area contributed by atoms with Crippen molar-refractivity contribution in [1.29, 1.82) is 0 Å². The van der Waals surface area contributed by atoms with E-state index in [4.69, 9.17) is 0 Å². The highest BCUT2D eigenvalue weighted by molar-refractivity contribution is 5.58. The Hall–Kier alpha value is -1.96. The van der Waals surface area contributed by atoms with E-state index in [1.807, 2.05) is 0 Å². The third-order valence-corrected chi connectivity index (χ3v) is 3.64. The Balaban J connectivity index is 2.39. The van der Waals surface area contributed by atoms with Gasteiger partial charge in [-0.25, -0.2) is 0 Å². The van der Waals surface area contributed by atoms with Crippen molar-refractivity contribution >= 4 is 11.4 Å². The highest BCUT2D eigenvalue weighted by atomic mass is 15.6. The summed E-state index contributed by atoms with van der Waals surface area (Å²) in [6.45, 7) is 7.66. The van der Waals surface area contributed by atoms with Crippen LogP contribution < -0.4 is 10.0 Å². The molecule has 2 aromatic rings. The van der Waals surface area contributed by atoms with Crippen LogP contribution in [0.2, 0.25) is 0 Å². The summed E-state index contributed by atoms with van der Waals surface area (Å²) >= 11 is 0. The summed E-state index contributed by atoms with van der Waals surface area (Å²) in [5.74, 6) is 0. The van der Waals surface area contributed by atoms with Crippen LogP contribution in [0.25, 0.3) is 0 Å². The van der Waals surface area contributed by atoms with Crippen LogP contribution >= 0.6 is 0 Å². The standard InChI is InChI=1S/C18H24N2/c1-4-16(3)20(18-14-10-7-11-15-18)19(5-2)17-12-8-6-9-13-17/h6-16H,4-5H2,1-3H3. The van der Waals surface area contributed by atoms with Gasteiger partial charge >= 0.3 is 0 Å². The van der Waals surface area contributed by atoms with Crippen LogP contribution in [0.3, 0.4) is 0 Å². The molecule has 0 aliphatic carbocycles. The van der Waals surface area contributed by atoms with E-state index in [2.05, 4.69) is 91.5 Å². The van der Waals surface area contributed by atoms with Gasteiger partial charge in [-0.15, -0.1) is 0 Å². The summed E-state index contributed by atoms with van der Waals surface area (Å²) < 4.78 is 0. The first-order chi connectivity index (χ1) is 9.77. The van der Waals surface area contributed by atoms with Crippen LogP contribution in [0, 0.1) is 0 Å². The molecule has 0 heterocycles. The summed E-state index contributed by atoms with van der Waals surface area (Å²) in [4.78, 5) is 0. The second-order valence-electron chi connectivity index (χ2n) is 4.99. The lowest BCUT2D eigenvalue weighted by Gasteiger charge is -2.41. The molecule has 0 aromatic heterocycles. The van der Waals surface area contributed by atoms with Crippen molar-refractivity contribution in [2.24, 2.45) is 0 Å². The van der Waals surface area contributed by atoms with Crippen LogP contribution in [-0.4, -0.2) is 12.6 Å². The second-order valence-corrected chi connectivity index (χ2v) is 4.99. The highest BCUT2D eigenvalue weighted by Gasteiger charge is 2.19. The molecule has 0 amide bonds. The number of nitrogens with zero attached hydrogens (tertiary/aromatic N) is 2. The van der Waals surface area contributed by atoms with Crippen molar-refractivity contribution in [3.05, 3.63) is 60.7 Å². The van der Waals surface area contributed by atoms with Gasteiger partial charge in [-0.1, -0.05) is 43.3 Å². The summed E-state index contributed by atoms with van der Waals surface area (Å²) in [5, 5.41) is 4.75. The van der Waals surface area contributed by atoms with Crippen LogP contribution in [-0.2, 0) is 0 Å². The van der Waals surface area contributed by atoms with Gasteiger partial charge in [-0.2, -0.15) is 0 Å². The number of hydrazine groups is 1. The quantitative estimate of drug-likeness (QED) is 0.699. The zero-order chi connectivity index (χ0) is 14.4. The van der Waals surface area contributed by atoms with Crippen molar-refractivity contribution in [3.63, 3.8) is 0 Å². The van der Waals surface area contributed by atoms with Crippen molar-refractivity contribution in [2.45, 2.75) is 33.2 Å². The molecule has 20 heavy (non-hydrogen) atoms. The van der Waals surface area contributed by atoms with Crippen molar-refractivity contribution in [3.8, 4) is 0 Å². The van der Waals surface area contributed by atoms with Gasteiger partial charge in [-0.3, -0.25) is 10.0 Å². The zero-order valence-electron chi connectivity index (χ0n) is 12.7. The predicted octanol–water partition coefficient (Wildman–Crippen LogP) is 4.73. The van der Waals surface area contributed by atoms with Gasteiger partial charge < -0.3 is 0 Å². The molecular formula is C18H24N2. The molecule has 0 bridgehead atoms. The van der Waals surface area contributed by atoms with E-state index in [-0.39, 0.29) is 0 Å². The normalized spacial score (nSPS) is 11.9. The number of benzene rings is 2. The molecule has 0 aliphatic heterocycles. The average Bonchev–Trinajstić information content (AvgIpc) is 2.53.